The fourth-order valence-corrected chi connectivity index (χ4v) is 3.40. The van der Waals surface area contributed by atoms with Gasteiger partial charge in [0.2, 0.25) is 18.0 Å². The molecule has 0 saturated heterocycles. The Morgan fingerprint density at radius 2 is 1.57 bits per heavy atom. The van der Waals surface area contributed by atoms with Gasteiger partial charge in [-0.2, -0.15) is 13.2 Å². The third kappa shape index (κ3) is 2.20. The number of hydrogen-bond donors (Lipinski definition) is 1. The van der Waals surface area contributed by atoms with Crippen LogP contribution in [0.5, 0.6) is 34.5 Å². The Kier molecular flexibility index (Phi) is 3.78. The second kappa shape index (κ2) is 5.85. The molecule has 0 bridgehead atoms. The van der Waals surface area contributed by atoms with Crippen LogP contribution in [0, 0.1) is 0 Å². The van der Waals surface area contributed by atoms with Gasteiger partial charge in [-0.05, 0) is 23.8 Å². The lowest BCUT2D eigenvalue weighted by Crippen LogP contribution is -2.48. The first-order valence-electron chi connectivity index (χ1n) is 7.92. The van der Waals surface area contributed by atoms with Gasteiger partial charge in [-0.3, -0.25) is 0 Å². The van der Waals surface area contributed by atoms with Gasteiger partial charge in [0, 0.05) is 11.6 Å². The number of benzene rings is 2. The molecule has 148 valence electrons. The molecule has 0 radical (unpaired) electrons. The maximum Gasteiger partial charge on any atom is 0.413 e. The summed E-state index contributed by atoms with van der Waals surface area (Å²) in [7, 11) is 2.33. The van der Waals surface area contributed by atoms with Crippen molar-refractivity contribution in [1.29, 1.82) is 0 Å². The SMILES string of the molecule is COc1cc([C@]2(C(F)(F)F)C(=O)Oc3cc4c(cc32)OCO4)cc(OC)c1O. The summed E-state index contributed by atoms with van der Waals surface area (Å²) in [5.41, 5.74) is -4.16. The summed E-state index contributed by atoms with van der Waals surface area (Å²) >= 11 is 0. The second-order valence-electron chi connectivity index (χ2n) is 6.07. The van der Waals surface area contributed by atoms with Crippen molar-refractivity contribution in [3.63, 3.8) is 0 Å². The molecule has 2 aromatic rings. The van der Waals surface area contributed by atoms with Crippen LogP contribution in [0.3, 0.4) is 0 Å². The number of esters is 1. The molecule has 2 heterocycles. The Morgan fingerprint density at radius 1 is 1.00 bits per heavy atom. The lowest BCUT2D eigenvalue weighted by atomic mass is 9.74. The van der Waals surface area contributed by atoms with E-state index in [1.54, 1.807) is 0 Å². The van der Waals surface area contributed by atoms with Crippen LogP contribution in [0.2, 0.25) is 0 Å². The maximum absolute atomic E-state index is 14.4. The van der Waals surface area contributed by atoms with E-state index in [1.807, 2.05) is 0 Å². The molecule has 28 heavy (non-hydrogen) atoms. The van der Waals surface area contributed by atoms with E-state index in [0.29, 0.717) is 0 Å². The summed E-state index contributed by atoms with van der Waals surface area (Å²) in [6, 6.07) is 4.10. The quantitative estimate of drug-likeness (QED) is 0.629. The molecular formula is C18H13F3O7. The number of carbonyl (C=O) groups excluding carboxylic acids is 1. The lowest BCUT2D eigenvalue weighted by Gasteiger charge is -2.30. The minimum Gasteiger partial charge on any atom is -0.502 e. The minimum atomic E-state index is -5.09. The highest BCUT2D eigenvalue weighted by Crippen LogP contribution is 2.58. The molecule has 0 unspecified atom stereocenters. The van der Waals surface area contributed by atoms with Crippen LogP contribution in [0.4, 0.5) is 13.2 Å². The second-order valence-corrected chi connectivity index (χ2v) is 6.07. The van der Waals surface area contributed by atoms with Gasteiger partial charge in [0.1, 0.15) is 5.75 Å². The number of methoxy groups -OCH3 is 2. The Morgan fingerprint density at radius 3 is 2.11 bits per heavy atom. The molecule has 2 aliphatic heterocycles. The van der Waals surface area contributed by atoms with Gasteiger partial charge in [0.25, 0.3) is 0 Å². The number of phenolic OH excluding ortho intramolecular Hbond substituents is 1. The number of aromatic hydroxyl groups is 1. The predicted octanol–water partition coefficient (Wildman–Crippen LogP) is 2.91. The van der Waals surface area contributed by atoms with E-state index in [-0.39, 0.29) is 35.5 Å². The summed E-state index contributed by atoms with van der Waals surface area (Å²) in [5.74, 6) is -2.69. The average Bonchev–Trinajstić information content (AvgIpc) is 3.20. The van der Waals surface area contributed by atoms with E-state index in [9.17, 15) is 23.1 Å². The third-order valence-electron chi connectivity index (χ3n) is 4.73. The van der Waals surface area contributed by atoms with E-state index in [0.717, 1.165) is 32.4 Å². The van der Waals surface area contributed by atoms with E-state index < -0.39 is 34.4 Å². The predicted molar refractivity (Wildman–Crippen MR) is 86.2 cm³/mol. The monoisotopic (exact) mass is 398 g/mol. The van der Waals surface area contributed by atoms with Crippen LogP contribution >= 0.6 is 0 Å². The highest BCUT2D eigenvalue weighted by atomic mass is 19.4. The van der Waals surface area contributed by atoms with Crippen LogP contribution in [0.15, 0.2) is 24.3 Å². The summed E-state index contributed by atoms with van der Waals surface area (Å²) in [5, 5.41) is 10.0. The molecule has 1 N–H and O–H groups in total. The minimum absolute atomic E-state index is 0.0587. The number of alkyl halides is 3. The van der Waals surface area contributed by atoms with Crippen LogP contribution in [-0.2, 0) is 10.2 Å². The van der Waals surface area contributed by atoms with Crippen LogP contribution < -0.4 is 23.7 Å². The van der Waals surface area contributed by atoms with Gasteiger partial charge in [-0.1, -0.05) is 0 Å². The van der Waals surface area contributed by atoms with Crippen LogP contribution in [0.25, 0.3) is 0 Å². The topological polar surface area (TPSA) is 83.5 Å². The number of carbonyl (C=O) groups is 1. The largest absolute Gasteiger partial charge is 0.502 e. The molecule has 0 spiro atoms. The van der Waals surface area contributed by atoms with Crippen molar-refractivity contribution < 1.29 is 46.8 Å². The summed E-state index contributed by atoms with van der Waals surface area (Å²) < 4.78 is 68.5. The first-order chi connectivity index (χ1) is 13.2. The average molecular weight is 398 g/mol. The molecule has 10 heteroatoms. The molecule has 2 aliphatic rings. The molecule has 0 aliphatic carbocycles. The molecular weight excluding hydrogens is 385 g/mol. The van der Waals surface area contributed by atoms with E-state index in [4.69, 9.17) is 23.7 Å². The summed E-state index contributed by atoms with van der Waals surface area (Å²) in [4.78, 5) is 12.6. The highest BCUT2D eigenvalue weighted by Gasteiger charge is 2.68. The van der Waals surface area contributed by atoms with Gasteiger partial charge in [-0.25, -0.2) is 4.79 Å². The number of ether oxygens (including phenoxy) is 5. The lowest BCUT2D eigenvalue weighted by molar-refractivity contribution is -0.189. The van der Waals surface area contributed by atoms with Crippen molar-refractivity contribution in [3.8, 4) is 34.5 Å². The van der Waals surface area contributed by atoms with Crippen molar-refractivity contribution in [1.82, 2.24) is 0 Å². The Labute approximate surface area is 156 Å². The van der Waals surface area contributed by atoms with Crippen LogP contribution in [0.1, 0.15) is 11.1 Å². The normalized spacial score (nSPS) is 20.0. The molecule has 0 saturated carbocycles. The first-order valence-corrected chi connectivity index (χ1v) is 7.92. The Bertz CT molecular complexity index is 961. The van der Waals surface area contributed by atoms with E-state index in [1.165, 1.54) is 6.07 Å². The maximum atomic E-state index is 14.4. The first kappa shape index (κ1) is 18.1. The molecule has 2 aromatic carbocycles. The highest BCUT2D eigenvalue weighted by molar-refractivity contribution is 5.96. The van der Waals surface area contributed by atoms with Gasteiger partial charge < -0.3 is 28.8 Å². The summed E-state index contributed by atoms with van der Waals surface area (Å²) in [6.07, 6.45) is -5.09. The molecule has 0 fully saturated rings. The number of hydrogen-bond acceptors (Lipinski definition) is 7. The smallest absolute Gasteiger partial charge is 0.413 e. The fraction of sp³-hybridized carbons (Fsp3) is 0.278. The third-order valence-corrected chi connectivity index (χ3v) is 4.73. The zero-order chi connectivity index (χ0) is 20.3. The van der Waals surface area contributed by atoms with Crippen molar-refractivity contribution in [2.75, 3.05) is 21.0 Å². The molecule has 0 aromatic heterocycles. The van der Waals surface area contributed by atoms with Gasteiger partial charge in [-0.15, -0.1) is 0 Å². The van der Waals surface area contributed by atoms with E-state index >= 15 is 0 Å². The number of halogens is 3. The number of fused-ring (bicyclic) bond motifs is 2. The standard InChI is InChI=1S/C18H13F3O7/c1-24-13-3-8(4-14(25-2)15(13)22)17(18(19,20)21)9-5-11-12(27-7-26-11)6-10(9)28-16(17)23/h3-6,22H,7H2,1-2H3/t17-/m1/s1. The van der Waals surface area contributed by atoms with E-state index in [2.05, 4.69) is 0 Å². The number of rotatable bonds is 3. The van der Waals surface area contributed by atoms with Crippen molar-refractivity contribution in [2.45, 2.75) is 11.6 Å². The molecule has 1 atom stereocenters. The van der Waals surface area contributed by atoms with Gasteiger partial charge in [0.05, 0.1) is 14.2 Å². The Balaban J connectivity index is 2.05. The van der Waals surface area contributed by atoms with Gasteiger partial charge >= 0.3 is 12.1 Å². The van der Waals surface area contributed by atoms with Crippen molar-refractivity contribution in [3.05, 3.63) is 35.4 Å². The van der Waals surface area contributed by atoms with Crippen molar-refractivity contribution >= 4 is 5.97 Å². The summed E-state index contributed by atoms with van der Waals surface area (Å²) in [6.45, 7) is -0.161. The fourth-order valence-electron chi connectivity index (χ4n) is 3.40. The zero-order valence-electron chi connectivity index (χ0n) is 14.5. The Hall–Kier alpha value is -3.30. The van der Waals surface area contributed by atoms with Crippen molar-refractivity contribution in [2.24, 2.45) is 0 Å². The molecule has 4 rings (SSSR count). The molecule has 0 amide bonds. The molecule has 7 nitrogen and oxygen atoms in total. The number of phenols is 1. The van der Waals surface area contributed by atoms with Gasteiger partial charge in [0.15, 0.2) is 23.0 Å². The zero-order valence-corrected chi connectivity index (χ0v) is 14.5. The van der Waals surface area contributed by atoms with Crippen LogP contribution in [-0.4, -0.2) is 38.3 Å².